The van der Waals surface area contributed by atoms with Gasteiger partial charge in [0, 0.05) is 5.25 Å². The van der Waals surface area contributed by atoms with Crippen molar-refractivity contribution in [1.82, 2.24) is 0 Å². The Morgan fingerprint density at radius 1 is 1.14 bits per heavy atom. The fourth-order valence-electron chi connectivity index (χ4n) is 2.22. The smallest absolute Gasteiger partial charge is 0.00884 e. The maximum atomic E-state index is 2.46. The molecule has 0 atom stereocenters. The van der Waals surface area contributed by atoms with E-state index >= 15 is 0 Å². The van der Waals surface area contributed by atoms with Crippen LogP contribution in [0.5, 0.6) is 0 Å². The number of hydrogen-bond donors (Lipinski definition) is 0. The van der Waals surface area contributed by atoms with E-state index in [0.717, 1.165) is 5.25 Å². The predicted molar refractivity (Wildman–Crippen MR) is 65.5 cm³/mol. The molecule has 2 rings (SSSR count). The molecule has 78 valence electrons. The molecule has 0 bridgehead atoms. The first-order valence-corrected chi connectivity index (χ1v) is 6.88. The highest BCUT2D eigenvalue weighted by molar-refractivity contribution is 8.02. The quantitative estimate of drug-likeness (QED) is 0.594. The second kappa shape index (κ2) is 5.65. The fourth-order valence-corrected chi connectivity index (χ4v) is 3.43. The second-order valence-corrected chi connectivity index (χ2v) is 5.56. The summed E-state index contributed by atoms with van der Waals surface area (Å²) in [5.41, 5.74) is 1.66. The van der Waals surface area contributed by atoms with Gasteiger partial charge in [0.15, 0.2) is 0 Å². The van der Waals surface area contributed by atoms with E-state index in [9.17, 15) is 0 Å². The molecule has 14 heavy (non-hydrogen) atoms. The number of allylic oxidation sites excluding steroid dienone is 3. The monoisotopic (exact) mass is 208 g/mol. The largest absolute Gasteiger partial charge is 0.131 e. The van der Waals surface area contributed by atoms with Crippen molar-refractivity contribution < 1.29 is 0 Å². The van der Waals surface area contributed by atoms with E-state index in [4.69, 9.17) is 0 Å². The summed E-state index contributed by atoms with van der Waals surface area (Å²) in [5.74, 6) is 0. The Morgan fingerprint density at radius 3 is 2.71 bits per heavy atom. The van der Waals surface area contributed by atoms with Crippen LogP contribution in [0.4, 0.5) is 0 Å². The minimum Gasteiger partial charge on any atom is -0.131 e. The van der Waals surface area contributed by atoms with Crippen LogP contribution < -0.4 is 0 Å². The highest BCUT2D eigenvalue weighted by Crippen LogP contribution is 2.31. The molecule has 0 N–H and O–H groups in total. The summed E-state index contributed by atoms with van der Waals surface area (Å²) in [6.45, 7) is 0. The minimum absolute atomic E-state index is 0.933. The van der Waals surface area contributed by atoms with Crippen molar-refractivity contribution in [3.63, 3.8) is 0 Å². The van der Waals surface area contributed by atoms with Crippen molar-refractivity contribution in [2.45, 2.75) is 56.6 Å². The SMILES string of the molecule is C1=CCC(=CSC2CCCCC2)CC1. The van der Waals surface area contributed by atoms with Crippen molar-refractivity contribution in [2.24, 2.45) is 0 Å². The molecule has 0 radical (unpaired) electrons. The fraction of sp³-hybridized carbons (Fsp3) is 0.692. The zero-order valence-electron chi connectivity index (χ0n) is 8.87. The van der Waals surface area contributed by atoms with Gasteiger partial charge in [-0.25, -0.2) is 0 Å². The summed E-state index contributed by atoms with van der Waals surface area (Å²) in [5, 5.41) is 3.39. The summed E-state index contributed by atoms with van der Waals surface area (Å²) in [6, 6.07) is 0. The van der Waals surface area contributed by atoms with E-state index in [1.165, 1.54) is 51.4 Å². The van der Waals surface area contributed by atoms with E-state index in [-0.39, 0.29) is 0 Å². The maximum Gasteiger partial charge on any atom is 0.00884 e. The molecule has 0 unspecified atom stereocenters. The van der Waals surface area contributed by atoms with Crippen LogP contribution in [0.1, 0.15) is 51.4 Å². The molecule has 0 aromatic rings. The lowest BCUT2D eigenvalue weighted by Crippen LogP contribution is -2.06. The molecular weight excluding hydrogens is 188 g/mol. The van der Waals surface area contributed by atoms with E-state index in [1.807, 2.05) is 0 Å². The molecule has 1 fully saturated rings. The molecule has 2 aliphatic rings. The minimum atomic E-state index is 0.933. The number of hydrogen-bond acceptors (Lipinski definition) is 1. The van der Waals surface area contributed by atoms with Crippen LogP contribution in [-0.4, -0.2) is 5.25 Å². The van der Waals surface area contributed by atoms with Gasteiger partial charge >= 0.3 is 0 Å². The zero-order chi connectivity index (χ0) is 9.64. The van der Waals surface area contributed by atoms with Crippen molar-refractivity contribution in [2.75, 3.05) is 0 Å². The third-order valence-corrected chi connectivity index (χ3v) is 4.48. The van der Waals surface area contributed by atoms with Gasteiger partial charge in [-0.05, 0) is 37.5 Å². The summed E-state index contributed by atoms with van der Waals surface area (Å²) in [4.78, 5) is 0. The Kier molecular flexibility index (Phi) is 4.18. The summed E-state index contributed by atoms with van der Waals surface area (Å²) >= 11 is 2.11. The molecule has 1 saturated carbocycles. The van der Waals surface area contributed by atoms with Crippen LogP contribution in [0, 0.1) is 0 Å². The molecule has 1 heteroatoms. The Labute approximate surface area is 91.9 Å². The molecule has 0 aromatic heterocycles. The summed E-state index contributed by atoms with van der Waals surface area (Å²) in [6.07, 6.45) is 15.7. The molecule has 2 aliphatic carbocycles. The lowest BCUT2D eigenvalue weighted by atomic mass is 10.0. The Morgan fingerprint density at radius 2 is 2.00 bits per heavy atom. The molecule has 0 nitrogen and oxygen atoms in total. The third-order valence-electron chi connectivity index (χ3n) is 3.16. The summed E-state index contributed by atoms with van der Waals surface area (Å²) < 4.78 is 0. The Bertz CT molecular complexity index is 221. The number of rotatable bonds is 2. The molecular formula is C13H20S. The molecule has 0 saturated heterocycles. The van der Waals surface area contributed by atoms with Crippen LogP contribution in [0.15, 0.2) is 23.1 Å². The van der Waals surface area contributed by atoms with Gasteiger partial charge < -0.3 is 0 Å². The lowest BCUT2D eigenvalue weighted by Gasteiger charge is -2.20. The van der Waals surface area contributed by atoms with Crippen LogP contribution in [0.3, 0.4) is 0 Å². The van der Waals surface area contributed by atoms with Crippen molar-refractivity contribution in [3.05, 3.63) is 23.1 Å². The van der Waals surface area contributed by atoms with E-state index < -0.39 is 0 Å². The van der Waals surface area contributed by atoms with Crippen molar-refractivity contribution >= 4 is 11.8 Å². The van der Waals surface area contributed by atoms with Crippen molar-refractivity contribution in [3.8, 4) is 0 Å². The molecule has 0 spiro atoms. The third kappa shape index (κ3) is 3.20. The first kappa shape index (κ1) is 10.4. The van der Waals surface area contributed by atoms with Gasteiger partial charge in [-0.2, -0.15) is 0 Å². The second-order valence-electron chi connectivity index (χ2n) is 4.39. The maximum absolute atomic E-state index is 2.46. The van der Waals surface area contributed by atoms with Crippen LogP contribution >= 0.6 is 11.8 Å². The zero-order valence-corrected chi connectivity index (χ0v) is 9.69. The van der Waals surface area contributed by atoms with Crippen LogP contribution in [0.25, 0.3) is 0 Å². The van der Waals surface area contributed by atoms with Gasteiger partial charge in [-0.15, -0.1) is 11.8 Å². The molecule has 0 aliphatic heterocycles. The van der Waals surface area contributed by atoms with Gasteiger partial charge in [-0.1, -0.05) is 37.0 Å². The predicted octanol–water partition coefficient (Wildman–Crippen LogP) is 4.68. The average Bonchev–Trinajstić information content (AvgIpc) is 2.29. The van der Waals surface area contributed by atoms with Gasteiger partial charge in [0.25, 0.3) is 0 Å². The standard InChI is InChI=1S/C13H20S/c1-3-7-12(8-4-1)11-14-13-9-5-2-6-10-13/h1,3,11,13H,2,4-10H2. The van der Waals surface area contributed by atoms with Gasteiger partial charge in [0.2, 0.25) is 0 Å². The Balaban J connectivity index is 1.76. The van der Waals surface area contributed by atoms with Gasteiger partial charge in [-0.3, -0.25) is 0 Å². The van der Waals surface area contributed by atoms with Crippen LogP contribution in [-0.2, 0) is 0 Å². The van der Waals surface area contributed by atoms with Crippen molar-refractivity contribution in [1.29, 1.82) is 0 Å². The van der Waals surface area contributed by atoms with Gasteiger partial charge in [0.1, 0.15) is 0 Å². The molecule has 0 aromatic carbocycles. The Hall–Kier alpha value is -0.170. The average molecular weight is 208 g/mol. The number of thioether (sulfide) groups is 1. The molecule has 0 amide bonds. The normalized spacial score (nSPS) is 27.0. The summed E-state index contributed by atoms with van der Waals surface area (Å²) in [7, 11) is 0. The topological polar surface area (TPSA) is 0 Å². The van der Waals surface area contributed by atoms with Crippen LogP contribution in [0.2, 0.25) is 0 Å². The molecule has 0 heterocycles. The van der Waals surface area contributed by atoms with E-state index in [0.29, 0.717) is 0 Å². The highest BCUT2D eigenvalue weighted by Gasteiger charge is 2.12. The highest BCUT2D eigenvalue weighted by atomic mass is 32.2. The van der Waals surface area contributed by atoms with E-state index in [1.54, 1.807) is 5.57 Å². The van der Waals surface area contributed by atoms with E-state index in [2.05, 4.69) is 29.3 Å². The first-order valence-electron chi connectivity index (χ1n) is 5.93. The lowest BCUT2D eigenvalue weighted by molar-refractivity contribution is 0.517. The van der Waals surface area contributed by atoms with Gasteiger partial charge in [0.05, 0.1) is 0 Å². The first-order chi connectivity index (χ1) is 6.95.